The maximum Gasteiger partial charge on any atom is 2.00 e. The van der Waals surface area contributed by atoms with E-state index in [0.717, 1.165) is 116 Å². The Labute approximate surface area is 409 Å². The van der Waals surface area contributed by atoms with Gasteiger partial charge in [0.05, 0.1) is 11.9 Å². The molecule has 364 valence electrons. The summed E-state index contributed by atoms with van der Waals surface area (Å²) < 4.78 is 0. The minimum absolute atomic E-state index is 0. The Hall–Kier alpha value is -4.11. The normalized spacial score (nSPS) is 12.6. The molecule has 0 saturated heterocycles. The number of rotatable bonds is 36. The molecule has 12 nitrogen and oxygen atoms in total. The van der Waals surface area contributed by atoms with Gasteiger partial charge in [-0.05, 0) is 129 Å². The first-order valence-corrected chi connectivity index (χ1v) is 23.2. The Kier molecular flexibility index (Phi) is 66.7. The molecule has 0 heterocycles. The zero-order valence-electron chi connectivity index (χ0n) is 40.0. The van der Waals surface area contributed by atoms with Crippen LogP contribution in [0.25, 0.3) is 0 Å². The summed E-state index contributed by atoms with van der Waals surface area (Å²) in [6.07, 6.45) is 60.9. The van der Waals surface area contributed by atoms with Crippen molar-refractivity contribution in [3.8, 4) is 0 Å². The molecule has 0 amide bonds. The van der Waals surface area contributed by atoms with Gasteiger partial charge in [-0.15, -0.1) is 0 Å². The van der Waals surface area contributed by atoms with E-state index >= 15 is 0 Å². The molecule has 0 bridgehead atoms. The van der Waals surface area contributed by atoms with Crippen molar-refractivity contribution in [2.24, 2.45) is 22.9 Å². The van der Waals surface area contributed by atoms with Gasteiger partial charge in [-0.3, -0.25) is 9.59 Å². The van der Waals surface area contributed by atoms with Gasteiger partial charge >= 0.3 is 35.0 Å². The molecule has 0 spiro atoms. The van der Waals surface area contributed by atoms with Gasteiger partial charge < -0.3 is 52.9 Å². The maximum absolute atomic E-state index is 10.3. The van der Waals surface area contributed by atoms with E-state index in [1.165, 1.54) is 0 Å². The van der Waals surface area contributed by atoms with Crippen molar-refractivity contribution in [3.05, 3.63) is 122 Å². The number of aliphatic carboxylic acids is 4. The van der Waals surface area contributed by atoms with Crippen LogP contribution < -0.4 is 33.1 Å². The number of carboxylic acids is 4. The van der Waals surface area contributed by atoms with Gasteiger partial charge in [0.2, 0.25) is 0 Å². The Morgan fingerprint density at radius 2 is 0.646 bits per heavy atom. The molecule has 0 aliphatic carbocycles. The molecule has 2 atom stereocenters. The molecule has 0 rings (SSSR count). The molecule has 0 radical (unpaired) electrons. The van der Waals surface area contributed by atoms with E-state index in [9.17, 15) is 29.4 Å². The molecule has 0 fully saturated rings. The minimum Gasteiger partial charge on any atom is -0.548 e. The van der Waals surface area contributed by atoms with Gasteiger partial charge in [-0.1, -0.05) is 148 Å². The first-order chi connectivity index (χ1) is 30.9. The molecule has 0 aliphatic heterocycles. The fourth-order valence-electron chi connectivity index (χ4n) is 4.73. The molecule has 0 aromatic heterocycles. The molecule has 65 heavy (non-hydrogen) atoms. The topological polar surface area (TPSA) is 259 Å². The fourth-order valence-corrected chi connectivity index (χ4v) is 4.73. The Morgan fingerprint density at radius 3 is 0.846 bits per heavy atom. The number of unbranched alkanes of at least 4 members (excludes halogenated alkanes) is 4. The Bertz CT molecular complexity index is 1300. The van der Waals surface area contributed by atoms with Crippen LogP contribution in [-0.4, -0.2) is 82.3 Å². The zero-order chi connectivity index (χ0) is 48.6. The molecular formula is C52H86MgN4O8. The van der Waals surface area contributed by atoms with Crippen LogP contribution in [0, 0.1) is 0 Å². The second kappa shape index (κ2) is 62.0. The van der Waals surface area contributed by atoms with Crippen LogP contribution in [-0.2, 0) is 19.2 Å². The number of hydrogen-bond donors (Lipinski definition) is 6. The van der Waals surface area contributed by atoms with Crippen LogP contribution in [0.4, 0.5) is 0 Å². The molecular weight excluding hydrogens is 833 g/mol. The molecule has 0 aromatic carbocycles. The van der Waals surface area contributed by atoms with Crippen LogP contribution >= 0.6 is 0 Å². The number of carbonyl (C=O) groups is 4. The third-order valence-electron chi connectivity index (χ3n) is 8.38. The third-order valence-corrected chi connectivity index (χ3v) is 8.38. The second-order valence-electron chi connectivity index (χ2n) is 14.4. The summed E-state index contributed by atoms with van der Waals surface area (Å²) >= 11 is 0. The van der Waals surface area contributed by atoms with Crippen LogP contribution in [0.1, 0.15) is 155 Å². The summed E-state index contributed by atoms with van der Waals surface area (Å²) in [6.45, 7) is 5.46. The first kappa shape index (κ1) is 69.9. The van der Waals surface area contributed by atoms with Crippen molar-refractivity contribution >= 4 is 46.9 Å². The van der Waals surface area contributed by atoms with Gasteiger partial charge in [-0.25, -0.2) is 0 Å². The van der Waals surface area contributed by atoms with E-state index < -0.39 is 36.0 Å². The standard InChI is InChI=1S/2C20H30O2.2C6H14N2O2.Mg/c2*1-2-3-4-5-6-7-8-9-10-11-12-13-14-15-16-17-18-19-20(21)22;2*7-4-2-1-3-5(8)6(9)10;/h2*3-4,6-7,9-10,12-13,15-16H,2,5,8,11,14,17-19H2,1H3,(H,21,22);2*5H,1-4,7-8H2,(H,9,10);/q;;;;+2/p-2/b2*4-3-,7-6-,10-9-,13-12-,16-15-;;;/t;;2*5-;/m..00./s1. The number of hydrogen-bond acceptors (Lipinski definition) is 10. The summed E-state index contributed by atoms with van der Waals surface area (Å²) in [5.41, 5.74) is 20.7. The summed E-state index contributed by atoms with van der Waals surface area (Å²) in [7, 11) is 0. The number of carboxylic acid groups (broad SMARTS) is 4. The van der Waals surface area contributed by atoms with E-state index in [2.05, 4.69) is 135 Å². The summed E-state index contributed by atoms with van der Waals surface area (Å²) in [5, 5.41) is 37.0. The first-order valence-electron chi connectivity index (χ1n) is 23.2. The van der Waals surface area contributed by atoms with Crippen LogP contribution in [0.2, 0.25) is 0 Å². The van der Waals surface area contributed by atoms with Gasteiger partial charge in [0.25, 0.3) is 0 Å². The number of carbonyl (C=O) groups excluding carboxylic acids is 2. The van der Waals surface area contributed by atoms with Crippen molar-refractivity contribution in [2.45, 2.75) is 167 Å². The van der Waals surface area contributed by atoms with Crippen LogP contribution in [0.5, 0.6) is 0 Å². The van der Waals surface area contributed by atoms with E-state index in [4.69, 9.17) is 33.1 Å². The number of allylic oxidation sites excluding steroid dienone is 20. The maximum atomic E-state index is 10.3. The van der Waals surface area contributed by atoms with Gasteiger partial charge in [0.15, 0.2) is 0 Å². The average molecular weight is 920 g/mol. The minimum atomic E-state index is -1.18. The smallest absolute Gasteiger partial charge is 0.548 e. The van der Waals surface area contributed by atoms with Gasteiger partial charge in [0.1, 0.15) is 0 Å². The Balaban J connectivity index is -0.000000261. The quantitative estimate of drug-likeness (QED) is 0.0199. The average Bonchev–Trinajstić information content (AvgIpc) is 3.26. The van der Waals surface area contributed by atoms with Gasteiger partial charge in [-0.2, -0.15) is 0 Å². The predicted octanol–water partition coefficient (Wildman–Crippen LogP) is 7.99. The second-order valence-corrected chi connectivity index (χ2v) is 14.4. The summed E-state index contributed by atoms with van der Waals surface area (Å²) in [5.74, 6) is -3.80. The molecule has 0 unspecified atom stereocenters. The summed E-state index contributed by atoms with van der Waals surface area (Å²) in [4.78, 5) is 40.7. The van der Waals surface area contributed by atoms with E-state index in [0.29, 0.717) is 25.9 Å². The van der Waals surface area contributed by atoms with E-state index in [-0.39, 0.29) is 35.9 Å². The molecule has 0 aliphatic rings. The summed E-state index contributed by atoms with van der Waals surface area (Å²) in [6, 6.07) is -1.65. The van der Waals surface area contributed by atoms with E-state index in [1.807, 2.05) is 0 Å². The Morgan fingerprint density at radius 1 is 0.415 bits per heavy atom. The molecule has 0 aromatic rings. The zero-order valence-corrected chi connectivity index (χ0v) is 41.4. The van der Waals surface area contributed by atoms with E-state index in [1.54, 1.807) is 0 Å². The van der Waals surface area contributed by atoms with Crippen molar-refractivity contribution in [1.82, 2.24) is 0 Å². The SMILES string of the molecule is CC/C=C\C/C=C\C/C=C\C/C=C\C/C=C\CCCC(=O)O.CC/C=C\C/C=C\C/C=C\C/C=C\C/C=C\CCCC(=O)O.NCCCC[C@H](N)C(=O)[O-].NCCCC[C@H](N)C(=O)[O-].[Mg+2]. The fraction of sp³-hybridized carbons (Fsp3) is 0.538. The molecule has 0 saturated carbocycles. The molecule has 10 N–H and O–H groups in total. The molecule has 13 heteroatoms. The monoisotopic (exact) mass is 919 g/mol. The van der Waals surface area contributed by atoms with Crippen molar-refractivity contribution < 1.29 is 39.6 Å². The van der Waals surface area contributed by atoms with Gasteiger partial charge in [0, 0.05) is 24.9 Å². The van der Waals surface area contributed by atoms with Crippen LogP contribution in [0.3, 0.4) is 0 Å². The van der Waals surface area contributed by atoms with Crippen molar-refractivity contribution in [1.29, 1.82) is 0 Å². The van der Waals surface area contributed by atoms with Crippen molar-refractivity contribution in [3.63, 3.8) is 0 Å². The van der Waals surface area contributed by atoms with Crippen molar-refractivity contribution in [2.75, 3.05) is 13.1 Å². The predicted molar refractivity (Wildman–Crippen MR) is 269 cm³/mol. The number of nitrogens with two attached hydrogens (primary N) is 4. The van der Waals surface area contributed by atoms with Crippen LogP contribution in [0.15, 0.2) is 122 Å². The largest absolute Gasteiger partial charge is 2.00 e. The third kappa shape index (κ3) is 74.5.